The molecule has 0 bridgehead atoms. The molecule has 0 aromatic rings. The first-order valence-corrected chi connectivity index (χ1v) is 14.6. The van der Waals surface area contributed by atoms with Crippen molar-refractivity contribution in [2.45, 2.75) is 119 Å². The van der Waals surface area contributed by atoms with Crippen LogP contribution in [-0.4, -0.2) is 13.2 Å². The first kappa shape index (κ1) is 24.8. The van der Waals surface area contributed by atoms with Crippen LogP contribution in [0.4, 0.5) is 0 Å². The third kappa shape index (κ3) is 4.50. The minimum Gasteiger partial charge on any atom is -0.377 e. The number of ether oxygens (including phenoxy) is 1. The molecule has 3 aliphatic carbocycles. The van der Waals surface area contributed by atoms with Gasteiger partial charge in [-0.25, -0.2) is 0 Å². The molecule has 0 saturated heterocycles. The van der Waals surface area contributed by atoms with Crippen LogP contribution in [0, 0.1) is 52.3 Å². The molecule has 0 amide bonds. The maximum Gasteiger partial charge on any atom is 0.0650 e. The van der Waals surface area contributed by atoms with Crippen molar-refractivity contribution in [1.82, 2.24) is 0 Å². The largest absolute Gasteiger partial charge is 0.377 e. The minimum atomic E-state index is 0.445. The summed E-state index contributed by atoms with van der Waals surface area (Å²) in [5.41, 5.74) is 2.84. The molecule has 184 valence electrons. The Morgan fingerprint density at radius 3 is 2.59 bits per heavy atom. The summed E-state index contributed by atoms with van der Waals surface area (Å²) in [4.78, 5) is 0. The molecule has 4 rings (SSSR count). The van der Waals surface area contributed by atoms with Gasteiger partial charge in [-0.2, -0.15) is 0 Å². The predicted molar refractivity (Wildman–Crippen MR) is 138 cm³/mol. The zero-order valence-electron chi connectivity index (χ0n) is 22.4. The monoisotopic (exact) mass is 442 g/mol. The molecule has 0 aromatic carbocycles. The van der Waals surface area contributed by atoms with E-state index in [-0.39, 0.29) is 0 Å². The predicted octanol–water partition coefficient (Wildman–Crippen LogP) is 9.07. The highest BCUT2D eigenvalue weighted by Crippen LogP contribution is 2.69. The summed E-state index contributed by atoms with van der Waals surface area (Å²) >= 11 is 0. The van der Waals surface area contributed by atoms with Crippen molar-refractivity contribution < 1.29 is 4.74 Å². The van der Waals surface area contributed by atoms with Gasteiger partial charge in [-0.15, -0.1) is 0 Å². The lowest BCUT2D eigenvalue weighted by Gasteiger charge is -2.61. The third-order valence-corrected chi connectivity index (χ3v) is 11.2. The number of hydrogen-bond donors (Lipinski definition) is 0. The Balaban J connectivity index is 1.58. The highest BCUT2D eigenvalue weighted by atomic mass is 16.5. The zero-order chi connectivity index (χ0) is 22.9. The van der Waals surface area contributed by atoms with Crippen LogP contribution in [0.15, 0.2) is 11.6 Å². The molecule has 0 N–H and O–H groups in total. The number of allylic oxidation sites excluding steroid dienone is 1. The van der Waals surface area contributed by atoms with E-state index in [0.29, 0.717) is 10.8 Å². The third-order valence-electron chi connectivity index (χ3n) is 11.2. The van der Waals surface area contributed by atoms with Crippen LogP contribution in [0.3, 0.4) is 0 Å². The summed E-state index contributed by atoms with van der Waals surface area (Å²) in [6.07, 6.45) is 19.6. The first-order chi connectivity index (χ1) is 15.3. The molecule has 0 spiro atoms. The van der Waals surface area contributed by atoms with Crippen molar-refractivity contribution in [1.29, 1.82) is 0 Å². The van der Waals surface area contributed by atoms with Crippen LogP contribution >= 0.6 is 0 Å². The molecule has 1 heteroatoms. The second kappa shape index (κ2) is 10.1. The van der Waals surface area contributed by atoms with Gasteiger partial charge in [0.15, 0.2) is 0 Å². The van der Waals surface area contributed by atoms with Gasteiger partial charge >= 0.3 is 0 Å². The number of hydrogen-bond acceptors (Lipinski definition) is 1. The smallest absolute Gasteiger partial charge is 0.0650 e. The van der Waals surface area contributed by atoms with E-state index in [1.54, 1.807) is 5.57 Å². The lowest BCUT2D eigenvalue weighted by atomic mass is 9.44. The second-order valence-electron chi connectivity index (χ2n) is 13.4. The molecule has 1 nitrogen and oxygen atoms in total. The quantitative estimate of drug-likeness (QED) is 0.357. The van der Waals surface area contributed by atoms with E-state index in [1.807, 2.05) is 0 Å². The Morgan fingerprint density at radius 2 is 1.84 bits per heavy atom. The molecular weight excluding hydrogens is 388 g/mol. The van der Waals surface area contributed by atoms with Crippen LogP contribution in [0.2, 0.25) is 0 Å². The van der Waals surface area contributed by atoms with Crippen molar-refractivity contribution in [3.05, 3.63) is 11.6 Å². The molecule has 1 heterocycles. The summed E-state index contributed by atoms with van der Waals surface area (Å²) < 4.78 is 5.90. The topological polar surface area (TPSA) is 9.23 Å². The molecule has 32 heavy (non-hydrogen) atoms. The lowest BCUT2D eigenvalue weighted by Crippen LogP contribution is -2.53. The maximum absolute atomic E-state index is 5.90. The number of rotatable bonds is 7. The summed E-state index contributed by atoms with van der Waals surface area (Å²) in [5.74, 6) is 6.54. The normalized spacial score (nSPS) is 44.6. The average Bonchev–Trinajstić information content (AvgIpc) is 3.08. The lowest BCUT2D eigenvalue weighted by molar-refractivity contribution is -0.0872. The molecule has 3 saturated carbocycles. The van der Waals surface area contributed by atoms with E-state index in [9.17, 15) is 0 Å². The van der Waals surface area contributed by atoms with Crippen molar-refractivity contribution >= 4 is 0 Å². The van der Waals surface area contributed by atoms with Crippen molar-refractivity contribution in [2.24, 2.45) is 52.3 Å². The van der Waals surface area contributed by atoms with Gasteiger partial charge in [0.1, 0.15) is 0 Å². The SMILES string of the molecule is CCCC1C/C2=C/COCCC[C@]2(C)C2CC[C@]3(C)C(C(C)CCCC(C)C)CCC3C12. The van der Waals surface area contributed by atoms with E-state index in [1.165, 1.54) is 77.0 Å². The molecule has 8 atom stereocenters. The first-order valence-electron chi connectivity index (χ1n) is 14.6. The van der Waals surface area contributed by atoms with Gasteiger partial charge in [-0.3, -0.25) is 0 Å². The fourth-order valence-electron chi connectivity index (χ4n) is 9.62. The van der Waals surface area contributed by atoms with Crippen molar-refractivity contribution in [2.75, 3.05) is 13.2 Å². The molecule has 0 aromatic heterocycles. The molecule has 6 unspecified atom stereocenters. The molecule has 1 aliphatic heterocycles. The highest BCUT2D eigenvalue weighted by Gasteiger charge is 2.60. The van der Waals surface area contributed by atoms with Crippen molar-refractivity contribution in [3.63, 3.8) is 0 Å². The second-order valence-corrected chi connectivity index (χ2v) is 13.4. The fraction of sp³-hybridized carbons (Fsp3) is 0.935. The Kier molecular flexibility index (Phi) is 7.86. The van der Waals surface area contributed by atoms with Crippen LogP contribution in [-0.2, 0) is 4.74 Å². The van der Waals surface area contributed by atoms with Gasteiger partial charge in [-0.05, 0) is 97.2 Å². The van der Waals surface area contributed by atoms with E-state index < -0.39 is 0 Å². The standard InChI is InChI=1S/C31H54O/c1-7-10-24-21-25-16-20-32-19-9-17-30(25,5)28-15-18-31(6)26(13-14-27(31)29(24)28)23(4)12-8-11-22(2)3/h16,22-24,26-29H,7-15,17-21H2,1-6H3/b25-16-/t23?,24?,26?,27?,28?,29?,30-,31+/m0/s1. The van der Waals surface area contributed by atoms with E-state index in [4.69, 9.17) is 4.74 Å². The highest BCUT2D eigenvalue weighted by molar-refractivity contribution is 5.24. The van der Waals surface area contributed by atoms with Gasteiger partial charge in [0.05, 0.1) is 6.61 Å². The average molecular weight is 443 g/mol. The van der Waals surface area contributed by atoms with Crippen LogP contribution in [0.1, 0.15) is 119 Å². The molecule has 0 radical (unpaired) electrons. The minimum absolute atomic E-state index is 0.445. The van der Waals surface area contributed by atoms with Gasteiger partial charge in [0, 0.05) is 6.61 Å². The zero-order valence-corrected chi connectivity index (χ0v) is 22.4. The molecule has 4 aliphatic rings. The maximum atomic E-state index is 5.90. The van der Waals surface area contributed by atoms with Gasteiger partial charge in [-0.1, -0.05) is 85.3 Å². The summed E-state index contributed by atoms with van der Waals surface area (Å²) in [6.45, 7) is 17.1. The van der Waals surface area contributed by atoms with E-state index in [2.05, 4.69) is 47.6 Å². The summed E-state index contributed by atoms with van der Waals surface area (Å²) in [5, 5.41) is 0. The van der Waals surface area contributed by atoms with Crippen LogP contribution in [0.5, 0.6) is 0 Å². The fourth-order valence-corrected chi connectivity index (χ4v) is 9.62. The Morgan fingerprint density at radius 1 is 1.03 bits per heavy atom. The van der Waals surface area contributed by atoms with Gasteiger partial charge in [0.2, 0.25) is 0 Å². The molecule has 3 fully saturated rings. The number of fused-ring (bicyclic) bond motifs is 5. The summed E-state index contributed by atoms with van der Waals surface area (Å²) in [6, 6.07) is 0. The Labute approximate surface area is 200 Å². The van der Waals surface area contributed by atoms with E-state index in [0.717, 1.165) is 54.6 Å². The van der Waals surface area contributed by atoms with E-state index >= 15 is 0 Å². The Bertz CT molecular complexity index is 649. The van der Waals surface area contributed by atoms with Gasteiger partial charge < -0.3 is 4.74 Å². The van der Waals surface area contributed by atoms with Crippen LogP contribution in [0.25, 0.3) is 0 Å². The van der Waals surface area contributed by atoms with Gasteiger partial charge in [0.25, 0.3) is 0 Å². The Hall–Kier alpha value is -0.300. The summed E-state index contributed by atoms with van der Waals surface area (Å²) in [7, 11) is 0. The van der Waals surface area contributed by atoms with Crippen molar-refractivity contribution in [3.8, 4) is 0 Å². The molecular formula is C31H54O. The van der Waals surface area contributed by atoms with Crippen LogP contribution < -0.4 is 0 Å².